The number of aryl methyl sites for hydroxylation is 1. The first kappa shape index (κ1) is 17.2. The van der Waals surface area contributed by atoms with Crippen molar-refractivity contribution in [3.63, 3.8) is 0 Å². The van der Waals surface area contributed by atoms with E-state index < -0.39 is 0 Å². The monoisotopic (exact) mass is 422 g/mol. The van der Waals surface area contributed by atoms with E-state index in [1.54, 1.807) is 0 Å². The number of benzene rings is 1. The van der Waals surface area contributed by atoms with Gasteiger partial charge in [-0.1, -0.05) is 45.1 Å². The van der Waals surface area contributed by atoms with E-state index in [9.17, 15) is 4.79 Å². The smallest absolute Gasteiger partial charge is 0.203 e. The second-order valence-electron chi connectivity index (χ2n) is 5.22. The highest BCUT2D eigenvalue weighted by molar-refractivity contribution is 9.10. The molecule has 0 unspecified atom stereocenters. The third-order valence-electron chi connectivity index (χ3n) is 3.55. The minimum Gasteiger partial charge on any atom is -0.374 e. The van der Waals surface area contributed by atoms with Gasteiger partial charge in [-0.2, -0.15) is 0 Å². The number of anilines is 1. The first-order valence-electron chi connectivity index (χ1n) is 7.15. The van der Waals surface area contributed by atoms with Gasteiger partial charge >= 0.3 is 0 Å². The average molecular weight is 423 g/mol. The van der Waals surface area contributed by atoms with Crippen molar-refractivity contribution in [3.05, 3.63) is 51.8 Å². The molecule has 0 saturated carbocycles. The van der Waals surface area contributed by atoms with Gasteiger partial charge in [0.2, 0.25) is 5.13 Å². The average Bonchev–Trinajstić information content (AvgIpc) is 3.08. The number of carbonyl (C=O) groups is 1. The third-order valence-corrected chi connectivity index (χ3v) is 5.93. The molecule has 2 N–H and O–H groups in total. The van der Waals surface area contributed by atoms with Gasteiger partial charge in [0.1, 0.15) is 0 Å². The highest BCUT2D eigenvalue weighted by Crippen LogP contribution is 2.27. The molecule has 2 heterocycles. The van der Waals surface area contributed by atoms with Gasteiger partial charge in [-0.15, -0.1) is 10.2 Å². The lowest BCUT2D eigenvalue weighted by Crippen LogP contribution is -2.05. The number of hydrogen-bond acceptors (Lipinski definition) is 6. The van der Waals surface area contributed by atoms with Gasteiger partial charge in [-0.3, -0.25) is 4.79 Å². The number of ketones is 1. The molecule has 0 amide bonds. The SMILES string of the molecule is Cc1cc(C(=O)CSc2nnc(N)s2)c(C)n1-c1cccc(Br)c1. The zero-order valence-corrected chi connectivity index (χ0v) is 16.3. The lowest BCUT2D eigenvalue weighted by Gasteiger charge is -2.10. The predicted octanol–water partition coefficient (Wildman–Crippen LogP) is 4.27. The summed E-state index contributed by atoms with van der Waals surface area (Å²) in [5.74, 6) is 0.389. The fourth-order valence-electron chi connectivity index (χ4n) is 2.54. The first-order valence-corrected chi connectivity index (χ1v) is 9.75. The molecule has 3 aromatic rings. The molecule has 0 atom stereocenters. The molecule has 0 fully saturated rings. The molecule has 24 heavy (non-hydrogen) atoms. The van der Waals surface area contributed by atoms with E-state index in [-0.39, 0.29) is 5.78 Å². The van der Waals surface area contributed by atoms with Crippen molar-refractivity contribution < 1.29 is 4.79 Å². The number of nitrogens with zero attached hydrogens (tertiary/aromatic N) is 3. The van der Waals surface area contributed by atoms with Crippen LogP contribution in [0.25, 0.3) is 5.69 Å². The maximum absolute atomic E-state index is 12.6. The molecule has 0 aliphatic carbocycles. The van der Waals surface area contributed by atoms with E-state index in [1.165, 1.54) is 23.1 Å². The number of nitrogen functional groups attached to an aromatic ring is 1. The van der Waals surface area contributed by atoms with E-state index in [0.29, 0.717) is 15.2 Å². The molecule has 0 spiro atoms. The first-order chi connectivity index (χ1) is 11.5. The number of rotatable bonds is 5. The number of nitrogens with two attached hydrogens (primary N) is 1. The Bertz CT molecular complexity index is 903. The number of hydrogen-bond donors (Lipinski definition) is 1. The fraction of sp³-hybridized carbons (Fsp3) is 0.188. The van der Waals surface area contributed by atoms with Crippen molar-refractivity contribution in [3.8, 4) is 5.69 Å². The molecule has 8 heteroatoms. The maximum atomic E-state index is 12.6. The standard InChI is InChI=1S/C16H15BrN4OS2/c1-9-6-13(14(22)8-23-16-20-19-15(18)24-16)10(2)21(9)12-5-3-4-11(17)7-12/h3-7H,8H2,1-2H3,(H2,18,19). The number of carbonyl (C=O) groups excluding carboxylic acids is 1. The zero-order chi connectivity index (χ0) is 17.3. The molecular weight excluding hydrogens is 408 g/mol. The molecule has 0 radical (unpaired) electrons. The summed E-state index contributed by atoms with van der Waals surface area (Å²) in [6.45, 7) is 3.97. The lowest BCUT2D eigenvalue weighted by molar-refractivity contribution is 0.102. The maximum Gasteiger partial charge on any atom is 0.203 e. The van der Waals surface area contributed by atoms with Gasteiger partial charge in [0.05, 0.1) is 5.75 Å². The Morgan fingerprint density at radius 2 is 2.12 bits per heavy atom. The topological polar surface area (TPSA) is 73.8 Å². The van der Waals surface area contributed by atoms with Crippen molar-refractivity contribution in [2.45, 2.75) is 18.2 Å². The molecule has 2 aromatic heterocycles. The van der Waals surface area contributed by atoms with Gasteiger partial charge in [0.15, 0.2) is 10.1 Å². The van der Waals surface area contributed by atoms with Crippen LogP contribution in [0.3, 0.4) is 0 Å². The minimum absolute atomic E-state index is 0.0723. The van der Waals surface area contributed by atoms with E-state index in [0.717, 1.165) is 27.1 Å². The number of aromatic nitrogens is 3. The van der Waals surface area contributed by atoms with Gasteiger partial charge in [0, 0.05) is 27.1 Å². The van der Waals surface area contributed by atoms with Crippen LogP contribution in [0.5, 0.6) is 0 Å². The zero-order valence-electron chi connectivity index (χ0n) is 13.1. The van der Waals surface area contributed by atoms with Crippen LogP contribution in [0.4, 0.5) is 5.13 Å². The molecular formula is C16H15BrN4OS2. The van der Waals surface area contributed by atoms with E-state index in [2.05, 4.69) is 30.7 Å². The van der Waals surface area contributed by atoms with E-state index in [4.69, 9.17) is 5.73 Å². The van der Waals surface area contributed by atoms with Crippen molar-refractivity contribution >= 4 is 49.9 Å². The van der Waals surface area contributed by atoms with Crippen LogP contribution in [-0.4, -0.2) is 26.3 Å². The highest BCUT2D eigenvalue weighted by Gasteiger charge is 2.17. The largest absolute Gasteiger partial charge is 0.374 e. The van der Waals surface area contributed by atoms with Crippen molar-refractivity contribution in [2.24, 2.45) is 0 Å². The Morgan fingerprint density at radius 3 is 2.79 bits per heavy atom. The van der Waals surface area contributed by atoms with Gasteiger partial charge in [0.25, 0.3) is 0 Å². The third kappa shape index (κ3) is 3.55. The Hall–Kier alpha value is -1.64. The minimum atomic E-state index is 0.0723. The Labute approximate surface area is 156 Å². The summed E-state index contributed by atoms with van der Waals surface area (Å²) in [5, 5.41) is 8.10. The predicted molar refractivity (Wildman–Crippen MR) is 102 cm³/mol. The second-order valence-corrected chi connectivity index (χ2v) is 8.37. The number of thioether (sulfide) groups is 1. The molecule has 0 bridgehead atoms. The summed E-state index contributed by atoms with van der Waals surface area (Å²) in [5.41, 5.74) is 9.29. The van der Waals surface area contributed by atoms with Crippen LogP contribution in [-0.2, 0) is 0 Å². The molecule has 0 aliphatic heterocycles. The van der Waals surface area contributed by atoms with Crippen molar-refractivity contribution in [1.82, 2.24) is 14.8 Å². The molecule has 5 nitrogen and oxygen atoms in total. The Morgan fingerprint density at radius 1 is 1.33 bits per heavy atom. The summed E-state index contributed by atoms with van der Waals surface area (Å²) in [7, 11) is 0. The summed E-state index contributed by atoms with van der Waals surface area (Å²) < 4.78 is 3.80. The van der Waals surface area contributed by atoms with Gasteiger partial charge in [-0.05, 0) is 38.1 Å². The Balaban J connectivity index is 1.84. The van der Waals surface area contributed by atoms with Crippen LogP contribution in [0, 0.1) is 13.8 Å². The fourth-order valence-corrected chi connectivity index (χ4v) is 4.45. The van der Waals surface area contributed by atoms with Crippen LogP contribution < -0.4 is 5.73 Å². The molecule has 124 valence electrons. The van der Waals surface area contributed by atoms with Crippen LogP contribution in [0.1, 0.15) is 21.7 Å². The van der Waals surface area contributed by atoms with Gasteiger partial charge < -0.3 is 10.3 Å². The summed E-state index contributed by atoms with van der Waals surface area (Å²) in [6, 6.07) is 9.96. The Kier molecular flexibility index (Phi) is 5.07. The molecule has 0 saturated heterocycles. The summed E-state index contributed by atoms with van der Waals surface area (Å²) in [6.07, 6.45) is 0. The van der Waals surface area contributed by atoms with Crippen LogP contribution in [0.15, 0.2) is 39.1 Å². The highest BCUT2D eigenvalue weighted by atomic mass is 79.9. The quantitative estimate of drug-likeness (QED) is 0.490. The van der Waals surface area contributed by atoms with Gasteiger partial charge in [-0.25, -0.2) is 0 Å². The second kappa shape index (κ2) is 7.08. The lowest BCUT2D eigenvalue weighted by atomic mass is 10.2. The summed E-state index contributed by atoms with van der Waals surface area (Å²) >= 11 is 6.15. The summed E-state index contributed by atoms with van der Waals surface area (Å²) in [4.78, 5) is 12.6. The molecule has 3 rings (SSSR count). The normalized spacial score (nSPS) is 11.0. The van der Waals surface area contributed by atoms with Crippen molar-refractivity contribution in [2.75, 3.05) is 11.5 Å². The van der Waals surface area contributed by atoms with E-state index in [1.807, 2.05) is 44.2 Å². The van der Waals surface area contributed by atoms with Crippen molar-refractivity contribution in [1.29, 1.82) is 0 Å². The number of Topliss-reactive ketones (excluding diaryl/α,β-unsaturated/α-hetero) is 1. The van der Waals surface area contributed by atoms with Crippen LogP contribution >= 0.6 is 39.0 Å². The number of halogens is 1. The van der Waals surface area contributed by atoms with E-state index >= 15 is 0 Å². The van der Waals surface area contributed by atoms with Crippen LogP contribution in [0.2, 0.25) is 0 Å². The molecule has 0 aliphatic rings. The molecule has 1 aromatic carbocycles.